The van der Waals surface area contributed by atoms with E-state index in [4.69, 9.17) is 0 Å². The number of rotatable bonds is 4. The summed E-state index contributed by atoms with van der Waals surface area (Å²) in [4.78, 5) is 22.3. The van der Waals surface area contributed by atoms with E-state index in [-0.39, 0.29) is 5.69 Å². The van der Waals surface area contributed by atoms with Crippen LogP contribution < -0.4 is 5.43 Å². The molecule has 3 aromatic heterocycles. The van der Waals surface area contributed by atoms with E-state index in [1.807, 2.05) is 30.3 Å². The lowest BCUT2D eigenvalue weighted by molar-refractivity contribution is 0.0690. The highest BCUT2D eigenvalue weighted by Crippen LogP contribution is 2.35. The zero-order valence-electron chi connectivity index (χ0n) is 15.3. The van der Waals surface area contributed by atoms with Gasteiger partial charge in [0, 0.05) is 10.4 Å². The molecular formula is C21H16N4O2S2. The molecule has 8 heteroatoms. The van der Waals surface area contributed by atoms with E-state index in [9.17, 15) is 9.90 Å². The molecule has 144 valence electrons. The Hall–Kier alpha value is -3.10. The molecule has 0 unspecified atom stereocenters. The van der Waals surface area contributed by atoms with E-state index in [0.29, 0.717) is 5.69 Å². The number of hydrogen-bond donors (Lipinski definition) is 2. The number of aromatic carboxylic acids is 1. The van der Waals surface area contributed by atoms with Gasteiger partial charge in [-0.2, -0.15) is 5.10 Å². The van der Waals surface area contributed by atoms with Gasteiger partial charge in [-0.3, -0.25) is 5.43 Å². The van der Waals surface area contributed by atoms with Crippen LogP contribution in [0.25, 0.3) is 20.8 Å². The number of fused-ring (bicyclic) bond motifs is 2. The van der Waals surface area contributed by atoms with Crippen LogP contribution in [-0.2, 0) is 6.42 Å². The highest BCUT2D eigenvalue weighted by atomic mass is 32.1. The van der Waals surface area contributed by atoms with Crippen LogP contribution in [0.4, 0.5) is 5.13 Å². The van der Waals surface area contributed by atoms with Crippen LogP contribution in [0.2, 0.25) is 0 Å². The summed E-state index contributed by atoms with van der Waals surface area (Å²) in [7, 11) is 0. The van der Waals surface area contributed by atoms with Crippen molar-refractivity contribution in [3.05, 3.63) is 64.7 Å². The van der Waals surface area contributed by atoms with E-state index >= 15 is 0 Å². The second kappa shape index (κ2) is 7.38. The molecule has 6 nitrogen and oxygen atoms in total. The average Bonchev–Trinajstić information content (AvgIpc) is 3.36. The third-order valence-electron chi connectivity index (χ3n) is 4.74. The quantitative estimate of drug-likeness (QED) is 0.439. The number of nitrogens with zero attached hydrogens (tertiary/aromatic N) is 3. The van der Waals surface area contributed by atoms with Gasteiger partial charge in [0.15, 0.2) is 0 Å². The Labute approximate surface area is 174 Å². The van der Waals surface area contributed by atoms with E-state index in [2.05, 4.69) is 26.6 Å². The summed E-state index contributed by atoms with van der Waals surface area (Å²) in [6, 6.07) is 15.2. The molecule has 1 aliphatic carbocycles. The summed E-state index contributed by atoms with van der Waals surface area (Å²) in [5.41, 5.74) is 6.95. The highest BCUT2D eigenvalue weighted by Gasteiger charge is 2.21. The van der Waals surface area contributed by atoms with E-state index in [0.717, 1.165) is 50.8 Å². The third kappa shape index (κ3) is 3.52. The summed E-state index contributed by atoms with van der Waals surface area (Å²) in [5.74, 6) is -1.02. The number of para-hydroxylation sites is 1. The summed E-state index contributed by atoms with van der Waals surface area (Å²) in [6.45, 7) is 0. The van der Waals surface area contributed by atoms with Crippen molar-refractivity contribution in [1.29, 1.82) is 0 Å². The van der Waals surface area contributed by atoms with Gasteiger partial charge in [-0.05, 0) is 49.6 Å². The SMILES string of the molecule is O=C(O)c1cccc(-c2cc3c(s2)CCC/C3=N/Nc2nc3ccccc3s2)n1. The van der Waals surface area contributed by atoms with E-state index in [1.165, 1.54) is 10.9 Å². The van der Waals surface area contributed by atoms with Crippen LogP contribution in [0.5, 0.6) is 0 Å². The Bertz CT molecular complexity index is 1230. The van der Waals surface area contributed by atoms with Gasteiger partial charge in [0.1, 0.15) is 5.69 Å². The van der Waals surface area contributed by atoms with Gasteiger partial charge < -0.3 is 5.11 Å². The van der Waals surface area contributed by atoms with Gasteiger partial charge in [-0.15, -0.1) is 11.3 Å². The number of carboxylic acids is 1. The molecule has 0 amide bonds. The lowest BCUT2D eigenvalue weighted by atomic mass is 9.97. The second-order valence-corrected chi connectivity index (χ2v) is 8.84. The van der Waals surface area contributed by atoms with Crippen molar-refractivity contribution in [2.75, 3.05) is 5.43 Å². The number of nitrogens with one attached hydrogen (secondary N) is 1. The number of hydrogen-bond acceptors (Lipinski definition) is 7. The minimum absolute atomic E-state index is 0.0558. The molecule has 1 aliphatic rings. The Morgan fingerprint density at radius 2 is 1.97 bits per heavy atom. The van der Waals surface area contributed by atoms with Gasteiger partial charge in [0.25, 0.3) is 0 Å². The number of carboxylic acid groups (broad SMARTS) is 1. The summed E-state index contributed by atoms with van der Waals surface area (Å²) < 4.78 is 1.13. The monoisotopic (exact) mass is 420 g/mol. The molecule has 0 radical (unpaired) electrons. The first kappa shape index (κ1) is 18.0. The molecule has 0 saturated heterocycles. The molecule has 0 aliphatic heterocycles. The maximum atomic E-state index is 11.2. The molecule has 0 atom stereocenters. The summed E-state index contributed by atoms with van der Waals surface area (Å²) >= 11 is 3.24. The minimum atomic E-state index is -1.02. The predicted molar refractivity (Wildman–Crippen MR) is 117 cm³/mol. The number of benzene rings is 1. The third-order valence-corrected chi connectivity index (χ3v) is 6.90. The van der Waals surface area contributed by atoms with Crippen molar-refractivity contribution in [2.24, 2.45) is 5.10 Å². The minimum Gasteiger partial charge on any atom is -0.477 e. The van der Waals surface area contributed by atoms with Crippen molar-refractivity contribution < 1.29 is 9.90 Å². The molecule has 4 aromatic rings. The summed E-state index contributed by atoms with van der Waals surface area (Å²) in [6.07, 6.45) is 2.93. The van der Waals surface area contributed by atoms with Crippen molar-refractivity contribution in [3.8, 4) is 10.6 Å². The molecular weight excluding hydrogens is 404 g/mol. The van der Waals surface area contributed by atoms with Gasteiger partial charge >= 0.3 is 5.97 Å². The lowest BCUT2D eigenvalue weighted by Gasteiger charge is -2.13. The normalized spacial score (nSPS) is 14.8. The lowest BCUT2D eigenvalue weighted by Crippen LogP contribution is -2.11. The molecule has 2 N–H and O–H groups in total. The van der Waals surface area contributed by atoms with Crippen LogP contribution in [0.1, 0.15) is 33.8 Å². The first-order chi connectivity index (χ1) is 14.2. The molecule has 0 saturated carbocycles. The smallest absolute Gasteiger partial charge is 0.354 e. The van der Waals surface area contributed by atoms with Crippen molar-refractivity contribution in [1.82, 2.24) is 9.97 Å². The number of pyridine rings is 1. The maximum absolute atomic E-state index is 11.2. The van der Waals surface area contributed by atoms with Crippen LogP contribution in [0.3, 0.4) is 0 Å². The maximum Gasteiger partial charge on any atom is 0.354 e. The second-order valence-electron chi connectivity index (χ2n) is 6.67. The molecule has 0 fully saturated rings. The molecule has 3 heterocycles. The first-order valence-corrected chi connectivity index (χ1v) is 10.8. The Morgan fingerprint density at radius 1 is 1.07 bits per heavy atom. The average molecular weight is 421 g/mol. The number of anilines is 1. The molecule has 0 spiro atoms. The molecule has 29 heavy (non-hydrogen) atoms. The number of thiazole rings is 1. The fourth-order valence-corrected chi connectivity index (χ4v) is 5.38. The van der Waals surface area contributed by atoms with Gasteiger partial charge in [-0.25, -0.2) is 14.8 Å². The fourth-order valence-electron chi connectivity index (χ4n) is 3.38. The summed E-state index contributed by atoms with van der Waals surface area (Å²) in [5, 5.41) is 14.6. The molecule has 0 bridgehead atoms. The van der Waals surface area contributed by atoms with Crippen LogP contribution in [0, 0.1) is 0 Å². The van der Waals surface area contributed by atoms with E-state index in [1.54, 1.807) is 28.7 Å². The zero-order valence-corrected chi connectivity index (χ0v) is 16.9. The van der Waals surface area contributed by atoms with Crippen molar-refractivity contribution in [2.45, 2.75) is 19.3 Å². The van der Waals surface area contributed by atoms with Crippen molar-refractivity contribution >= 4 is 49.7 Å². The number of carbonyl (C=O) groups is 1. The van der Waals surface area contributed by atoms with Crippen LogP contribution in [0.15, 0.2) is 53.6 Å². The zero-order chi connectivity index (χ0) is 19.8. The Morgan fingerprint density at radius 3 is 2.83 bits per heavy atom. The van der Waals surface area contributed by atoms with E-state index < -0.39 is 5.97 Å². The topological polar surface area (TPSA) is 87.5 Å². The van der Waals surface area contributed by atoms with Crippen molar-refractivity contribution in [3.63, 3.8) is 0 Å². The standard InChI is InChI=1S/C21H16N4O2S2/c26-20(27)16-8-3-7-15(22-16)19-11-12-13(6-4-10-17(12)28-19)24-25-21-23-14-5-1-2-9-18(14)29-21/h1-3,5,7-9,11H,4,6,10H2,(H,23,25)(H,26,27)/b24-13-. The Kier molecular flexibility index (Phi) is 4.57. The van der Waals surface area contributed by atoms with Gasteiger partial charge in [0.2, 0.25) is 5.13 Å². The van der Waals surface area contributed by atoms with Gasteiger partial charge in [0.05, 0.1) is 26.5 Å². The molecule has 1 aromatic carbocycles. The van der Waals surface area contributed by atoms with Gasteiger partial charge in [-0.1, -0.05) is 29.5 Å². The molecule has 5 rings (SSSR count). The Balaban J connectivity index is 1.45. The fraction of sp³-hybridized carbons (Fsp3) is 0.143. The van der Waals surface area contributed by atoms with Crippen LogP contribution in [-0.4, -0.2) is 26.8 Å². The highest BCUT2D eigenvalue weighted by molar-refractivity contribution is 7.22. The number of aryl methyl sites for hydroxylation is 1. The number of hydrazone groups is 1. The number of thiophene rings is 1. The first-order valence-electron chi connectivity index (χ1n) is 9.19. The largest absolute Gasteiger partial charge is 0.477 e. The number of aromatic nitrogens is 2. The predicted octanol–water partition coefficient (Wildman–Crippen LogP) is 5.27. The van der Waals surface area contributed by atoms with Crippen LogP contribution >= 0.6 is 22.7 Å².